The maximum absolute atomic E-state index is 12.5. The number of carbonyl (C=O) groups excluding carboxylic acids is 1. The van der Waals surface area contributed by atoms with Crippen LogP contribution in [0.25, 0.3) is 16.8 Å². The van der Waals surface area contributed by atoms with Gasteiger partial charge in [0.15, 0.2) is 5.78 Å². The lowest BCUT2D eigenvalue weighted by Crippen LogP contribution is -2.15. The van der Waals surface area contributed by atoms with Gasteiger partial charge in [-0.25, -0.2) is 0 Å². The molecule has 1 fully saturated rings. The van der Waals surface area contributed by atoms with Crippen molar-refractivity contribution < 1.29 is 14.3 Å². The lowest BCUT2D eigenvalue weighted by molar-refractivity contribution is 0.0969. The smallest absolute Gasteiger partial charge is 0.192 e. The van der Waals surface area contributed by atoms with Crippen LogP contribution in [0.1, 0.15) is 15.9 Å². The summed E-state index contributed by atoms with van der Waals surface area (Å²) in [5.74, 6) is 0.0750. The van der Waals surface area contributed by atoms with Crippen LogP contribution in [-0.4, -0.2) is 31.7 Å². The fraction of sp³-hybridized carbons (Fsp3) is 0.235. The van der Waals surface area contributed by atoms with E-state index in [2.05, 4.69) is 0 Å². The third-order valence-electron chi connectivity index (χ3n) is 3.77. The van der Waals surface area contributed by atoms with Gasteiger partial charge >= 0.3 is 0 Å². The molecule has 0 bridgehead atoms. The molecule has 0 spiro atoms. The number of Topliss-reactive ketones (excluding diaryl/α,β-unsaturated/α-hetero) is 1. The molecule has 1 aliphatic carbocycles. The van der Waals surface area contributed by atoms with Crippen molar-refractivity contribution >= 4 is 22.6 Å². The molecule has 1 aliphatic heterocycles. The predicted molar refractivity (Wildman–Crippen MR) is 76.8 cm³/mol. The Morgan fingerprint density at radius 1 is 1.20 bits per heavy atom. The molecule has 1 saturated heterocycles. The average molecular weight is 266 g/mol. The maximum atomic E-state index is 12.5. The summed E-state index contributed by atoms with van der Waals surface area (Å²) in [5, 5.41) is 2.16. The molecule has 2 aliphatic rings. The van der Waals surface area contributed by atoms with Crippen molar-refractivity contribution in [2.75, 3.05) is 19.8 Å². The van der Waals surface area contributed by atoms with E-state index in [0.29, 0.717) is 13.2 Å². The first-order valence-corrected chi connectivity index (χ1v) is 6.79. The molecule has 0 N–H and O–H groups in total. The minimum atomic E-state index is 0.0750. The van der Waals surface area contributed by atoms with Gasteiger partial charge in [-0.15, -0.1) is 0 Å². The van der Waals surface area contributed by atoms with Crippen LogP contribution in [0.3, 0.4) is 0 Å². The molecule has 0 aromatic heterocycles. The Kier molecular flexibility index (Phi) is 2.69. The molecule has 1 heterocycles. The van der Waals surface area contributed by atoms with Crippen LogP contribution >= 0.6 is 0 Å². The normalized spacial score (nSPS) is 20.1. The Balaban J connectivity index is 1.70. The van der Waals surface area contributed by atoms with E-state index in [1.165, 1.54) is 0 Å². The summed E-state index contributed by atoms with van der Waals surface area (Å²) in [5.41, 5.74) is 2.60. The SMILES string of the molecule is O=C1C(COCC2CO2)=Cc2cccc3cccc1c23. The quantitative estimate of drug-likeness (QED) is 0.799. The maximum Gasteiger partial charge on any atom is 0.192 e. The molecule has 20 heavy (non-hydrogen) atoms. The van der Waals surface area contributed by atoms with E-state index < -0.39 is 0 Å². The van der Waals surface area contributed by atoms with E-state index in [1.54, 1.807) is 0 Å². The standard InChI is InChI=1S/C17H14O3/c18-17-13(8-19-9-14-10-20-14)7-12-5-1-3-11-4-2-6-15(17)16(11)12/h1-7,14H,8-10H2. The molecule has 0 amide bonds. The third-order valence-corrected chi connectivity index (χ3v) is 3.77. The van der Waals surface area contributed by atoms with E-state index >= 15 is 0 Å². The highest BCUT2D eigenvalue weighted by molar-refractivity contribution is 6.22. The van der Waals surface area contributed by atoms with Crippen LogP contribution in [0.5, 0.6) is 0 Å². The van der Waals surface area contributed by atoms with Gasteiger partial charge in [-0.3, -0.25) is 4.79 Å². The average Bonchev–Trinajstić information content (AvgIpc) is 3.28. The van der Waals surface area contributed by atoms with Gasteiger partial charge in [-0.2, -0.15) is 0 Å². The summed E-state index contributed by atoms with van der Waals surface area (Å²) in [7, 11) is 0. The number of ketones is 1. The van der Waals surface area contributed by atoms with E-state index in [0.717, 1.165) is 34.1 Å². The molecule has 1 unspecified atom stereocenters. The van der Waals surface area contributed by atoms with E-state index in [-0.39, 0.29) is 11.9 Å². The number of hydrogen-bond acceptors (Lipinski definition) is 3. The monoisotopic (exact) mass is 266 g/mol. The lowest BCUT2D eigenvalue weighted by atomic mass is 9.88. The number of epoxide rings is 1. The zero-order valence-electron chi connectivity index (χ0n) is 11.0. The largest absolute Gasteiger partial charge is 0.374 e. The number of ether oxygens (including phenoxy) is 2. The molecular weight excluding hydrogens is 252 g/mol. The summed E-state index contributed by atoms with van der Waals surface area (Å²) in [6.07, 6.45) is 2.18. The second-order valence-corrected chi connectivity index (χ2v) is 5.22. The number of carbonyl (C=O) groups is 1. The first kappa shape index (κ1) is 11.8. The van der Waals surface area contributed by atoms with Gasteiger partial charge in [-0.1, -0.05) is 36.4 Å². The Hall–Kier alpha value is -1.97. The van der Waals surface area contributed by atoms with Gasteiger partial charge in [0.05, 0.1) is 19.8 Å². The zero-order chi connectivity index (χ0) is 13.5. The minimum absolute atomic E-state index is 0.0750. The number of hydrogen-bond donors (Lipinski definition) is 0. The molecular formula is C17H14O3. The molecule has 0 radical (unpaired) electrons. The van der Waals surface area contributed by atoms with E-state index in [1.807, 2.05) is 42.5 Å². The fourth-order valence-electron chi connectivity index (χ4n) is 2.68. The summed E-state index contributed by atoms with van der Waals surface area (Å²) in [6, 6.07) is 12.0. The molecule has 3 nitrogen and oxygen atoms in total. The van der Waals surface area contributed by atoms with Gasteiger partial charge in [0.25, 0.3) is 0 Å². The summed E-state index contributed by atoms with van der Waals surface area (Å²) in [6.45, 7) is 1.69. The van der Waals surface area contributed by atoms with Crippen molar-refractivity contribution in [1.29, 1.82) is 0 Å². The predicted octanol–water partition coefficient (Wildman–Crippen LogP) is 2.83. The third kappa shape index (κ3) is 1.96. The van der Waals surface area contributed by atoms with Gasteiger partial charge < -0.3 is 9.47 Å². The molecule has 0 saturated carbocycles. The van der Waals surface area contributed by atoms with Crippen LogP contribution in [-0.2, 0) is 9.47 Å². The fourth-order valence-corrected chi connectivity index (χ4v) is 2.68. The summed E-state index contributed by atoms with van der Waals surface area (Å²) >= 11 is 0. The molecule has 3 heteroatoms. The Morgan fingerprint density at radius 2 is 2.00 bits per heavy atom. The Labute approximate surface area is 116 Å². The molecule has 2 aromatic carbocycles. The Bertz CT molecular complexity index is 721. The zero-order valence-corrected chi connectivity index (χ0v) is 11.0. The van der Waals surface area contributed by atoms with Crippen LogP contribution in [0.15, 0.2) is 42.0 Å². The van der Waals surface area contributed by atoms with Gasteiger partial charge in [0.2, 0.25) is 0 Å². The van der Waals surface area contributed by atoms with Crippen molar-refractivity contribution in [3.05, 3.63) is 53.1 Å². The van der Waals surface area contributed by atoms with E-state index in [9.17, 15) is 4.79 Å². The second-order valence-electron chi connectivity index (χ2n) is 5.22. The van der Waals surface area contributed by atoms with Crippen molar-refractivity contribution in [2.24, 2.45) is 0 Å². The number of rotatable bonds is 4. The highest BCUT2D eigenvalue weighted by Gasteiger charge is 2.25. The molecule has 2 aromatic rings. The number of benzene rings is 2. The minimum Gasteiger partial charge on any atom is -0.374 e. The highest BCUT2D eigenvalue weighted by Crippen LogP contribution is 2.31. The van der Waals surface area contributed by atoms with Crippen LogP contribution < -0.4 is 0 Å². The van der Waals surface area contributed by atoms with Crippen LogP contribution in [0.4, 0.5) is 0 Å². The van der Waals surface area contributed by atoms with Crippen molar-refractivity contribution in [3.63, 3.8) is 0 Å². The summed E-state index contributed by atoms with van der Waals surface area (Å²) in [4.78, 5) is 12.5. The van der Waals surface area contributed by atoms with Gasteiger partial charge in [-0.05, 0) is 17.0 Å². The Morgan fingerprint density at radius 3 is 2.80 bits per heavy atom. The second kappa shape index (κ2) is 4.54. The first-order valence-electron chi connectivity index (χ1n) is 6.79. The van der Waals surface area contributed by atoms with Crippen molar-refractivity contribution in [1.82, 2.24) is 0 Å². The van der Waals surface area contributed by atoms with Gasteiger partial charge in [0, 0.05) is 16.5 Å². The first-order chi connectivity index (χ1) is 9.83. The molecule has 1 atom stereocenters. The van der Waals surface area contributed by atoms with E-state index in [4.69, 9.17) is 9.47 Å². The van der Waals surface area contributed by atoms with Crippen LogP contribution in [0, 0.1) is 0 Å². The topological polar surface area (TPSA) is 38.8 Å². The molecule has 4 rings (SSSR count). The molecule has 100 valence electrons. The van der Waals surface area contributed by atoms with Crippen molar-refractivity contribution in [3.8, 4) is 0 Å². The van der Waals surface area contributed by atoms with Gasteiger partial charge in [0.1, 0.15) is 6.10 Å². The van der Waals surface area contributed by atoms with Crippen LogP contribution in [0.2, 0.25) is 0 Å². The van der Waals surface area contributed by atoms with Crippen molar-refractivity contribution in [2.45, 2.75) is 6.10 Å². The lowest BCUT2D eigenvalue weighted by Gasteiger charge is -2.16. The summed E-state index contributed by atoms with van der Waals surface area (Å²) < 4.78 is 10.7. The highest BCUT2D eigenvalue weighted by atomic mass is 16.6.